The highest BCUT2D eigenvalue weighted by Gasteiger charge is 2.17. The molecule has 0 saturated heterocycles. The summed E-state index contributed by atoms with van der Waals surface area (Å²) in [5.41, 5.74) is 5.74. The Hall–Kier alpha value is -0.820. The van der Waals surface area contributed by atoms with Gasteiger partial charge in [0.15, 0.2) is 0 Å². The van der Waals surface area contributed by atoms with Crippen LogP contribution in [-0.4, -0.2) is 6.04 Å². The van der Waals surface area contributed by atoms with Crippen LogP contribution < -0.4 is 5.32 Å². The van der Waals surface area contributed by atoms with Gasteiger partial charge in [-0.3, -0.25) is 0 Å². The molecule has 18 heavy (non-hydrogen) atoms. The Labute approximate surface area is 112 Å². The maximum absolute atomic E-state index is 3.76. The third-order valence-electron chi connectivity index (χ3n) is 4.42. The van der Waals surface area contributed by atoms with Crippen LogP contribution in [0.4, 0.5) is 0 Å². The molecule has 0 unspecified atom stereocenters. The van der Waals surface area contributed by atoms with Crippen molar-refractivity contribution in [3.8, 4) is 0 Å². The lowest BCUT2D eigenvalue weighted by Gasteiger charge is -2.27. The maximum Gasteiger partial charge on any atom is 0.0213 e. The van der Waals surface area contributed by atoms with Crippen LogP contribution in [-0.2, 0) is 6.54 Å². The number of benzene rings is 1. The zero-order chi connectivity index (χ0) is 13.1. The van der Waals surface area contributed by atoms with Crippen LogP contribution in [0.25, 0.3) is 0 Å². The lowest BCUT2D eigenvalue weighted by atomic mass is 9.87. The largest absolute Gasteiger partial charge is 0.310 e. The van der Waals surface area contributed by atoms with Gasteiger partial charge in [-0.05, 0) is 69.1 Å². The van der Waals surface area contributed by atoms with E-state index in [1.165, 1.54) is 47.9 Å². The van der Waals surface area contributed by atoms with E-state index in [1.54, 1.807) is 0 Å². The molecule has 100 valence electrons. The van der Waals surface area contributed by atoms with Gasteiger partial charge in [0, 0.05) is 12.6 Å². The van der Waals surface area contributed by atoms with Gasteiger partial charge in [0.25, 0.3) is 0 Å². The molecule has 0 atom stereocenters. The van der Waals surface area contributed by atoms with Crippen LogP contribution in [0.5, 0.6) is 0 Å². The summed E-state index contributed by atoms with van der Waals surface area (Å²) in [6.45, 7) is 10.1. The van der Waals surface area contributed by atoms with Gasteiger partial charge < -0.3 is 5.32 Å². The van der Waals surface area contributed by atoms with Gasteiger partial charge in [0.1, 0.15) is 0 Å². The molecule has 1 N–H and O–H groups in total. The summed E-state index contributed by atoms with van der Waals surface area (Å²) in [6, 6.07) is 5.33. The van der Waals surface area contributed by atoms with Crippen molar-refractivity contribution in [2.75, 3.05) is 0 Å². The van der Waals surface area contributed by atoms with E-state index in [1.807, 2.05) is 0 Å². The standard InChI is InChI=1S/C17H27N/c1-12-5-7-16(8-6-12)18-11-17-14(3)9-13(2)10-15(17)4/h9-10,12,16,18H,5-8,11H2,1-4H3. The molecule has 2 rings (SSSR count). The van der Waals surface area contributed by atoms with E-state index < -0.39 is 0 Å². The highest BCUT2D eigenvalue weighted by atomic mass is 14.9. The molecule has 0 aliphatic heterocycles. The topological polar surface area (TPSA) is 12.0 Å². The fraction of sp³-hybridized carbons (Fsp3) is 0.647. The third-order valence-corrected chi connectivity index (χ3v) is 4.42. The number of hydrogen-bond donors (Lipinski definition) is 1. The average Bonchev–Trinajstić information content (AvgIpc) is 2.30. The maximum atomic E-state index is 3.76. The molecule has 1 aliphatic rings. The minimum absolute atomic E-state index is 0.737. The monoisotopic (exact) mass is 245 g/mol. The lowest BCUT2D eigenvalue weighted by Crippen LogP contribution is -2.32. The Kier molecular flexibility index (Phi) is 4.45. The van der Waals surface area contributed by atoms with Crippen molar-refractivity contribution >= 4 is 0 Å². The second-order valence-corrected chi connectivity index (χ2v) is 6.21. The first-order valence-electron chi connectivity index (χ1n) is 7.36. The normalized spacial score (nSPS) is 24.2. The predicted molar refractivity (Wildman–Crippen MR) is 78.9 cm³/mol. The van der Waals surface area contributed by atoms with E-state index in [0.717, 1.165) is 18.5 Å². The van der Waals surface area contributed by atoms with Crippen LogP contribution in [0.1, 0.15) is 54.9 Å². The second kappa shape index (κ2) is 5.88. The van der Waals surface area contributed by atoms with Gasteiger partial charge in [-0.2, -0.15) is 0 Å². The average molecular weight is 245 g/mol. The number of aryl methyl sites for hydroxylation is 3. The molecule has 0 bridgehead atoms. The van der Waals surface area contributed by atoms with Crippen molar-refractivity contribution in [1.29, 1.82) is 0 Å². The van der Waals surface area contributed by atoms with E-state index >= 15 is 0 Å². The summed E-state index contributed by atoms with van der Waals surface area (Å²) in [7, 11) is 0. The molecule has 1 saturated carbocycles. The Morgan fingerprint density at radius 1 is 1.00 bits per heavy atom. The van der Waals surface area contributed by atoms with Crippen LogP contribution in [0, 0.1) is 26.7 Å². The van der Waals surface area contributed by atoms with Crippen molar-refractivity contribution in [2.24, 2.45) is 5.92 Å². The number of rotatable bonds is 3. The zero-order valence-electron chi connectivity index (χ0n) is 12.3. The molecule has 1 aliphatic carbocycles. The van der Waals surface area contributed by atoms with E-state index in [9.17, 15) is 0 Å². The van der Waals surface area contributed by atoms with E-state index in [2.05, 4.69) is 45.1 Å². The van der Waals surface area contributed by atoms with Crippen LogP contribution >= 0.6 is 0 Å². The Morgan fingerprint density at radius 2 is 1.56 bits per heavy atom. The molecule has 0 aromatic heterocycles. The minimum atomic E-state index is 0.737. The smallest absolute Gasteiger partial charge is 0.0213 e. The summed E-state index contributed by atoms with van der Waals surface area (Å²) in [4.78, 5) is 0. The second-order valence-electron chi connectivity index (χ2n) is 6.21. The fourth-order valence-electron chi connectivity index (χ4n) is 3.20. The van der Waals surface area contributed by atoms with E-state index in [0.29, 0.717) is 0 Å². The summed E-state index contributed by atoms with van der Waals surface area (Å²) in [6.07, 6.45) is 5.49. The van der Waals surface area contributed by atoms with Crippen LogP contribution in [0.2, 0.25) is 0 Å². The number of nitrogens with one attached hydrogen (secondary N) is 1. The summed E-state index contributed by atoms with van der Waals surface area (Å²) < 4.78 is 0. The predicted octanol–water partition coefficient (Wildman–Crippen LogP) is 4.28. The van der Waals surface area contributed by atoms with Gasteiger partial charge in [0.05, 0.1) is 0 Å². The molecule has 0 amide bonds. The number of hydrogen-bond acceptors (Lipinski definition) is 1. The van der Waals surface area contributed by atoms with Crippen molar-refractivity contribution < 1.29 is 0 Å². The highest BCUT2D eigenvalue weighted by molar-refractivity contribution is 5.37. The molecule has 1 heteroatoms. The summed E-state index contributed by atoms with van der Waals surface area (Å²) >= 11 is 0. The van der Waals surface area contributed by atoms with Crippen molar-refractivity contribution in [2.45, 2.75) is 66.0 Å². The van der Waals surface area contributed by atoms with Gasteiger partial charge in [-0.1, -0.05) is 24.6 Å². The Balaban J connectivity index is 1.94. The third kappa shape index (κ3) is 3.35. The summed E-state index contributed by atoms with van der Waals surface area (Å²) in [5.74, 6) is 0.936. The first-order chi connectivity index (χ1) is 8.56. The zero-order valence-corrected chi connectivity index (χ0v) is 12.3. The molecule has 0 heterocycles. The van der Waals surface area contributed by atoms with Gasteiger partial charge in [-0.15, -0.1) is 0 Å². The molecule has 1 aromatic rings. The molecule has 1 aromatic carbocycles. The minimum Gasteiger partial charge on any atom is -0.310 e. The van der Waals surface area contributed by atoms with E-state index in [4.69, 9.17) is 0 Å². The Morgan fingerprint density at radius 3 is 2.11 bits per heavy atom. The summed E-state index contributed by atoms with van der Waals surface area (Å²) in [5, 5.41) is 3.76. The highest BCUT2D eigenvalue weighted by Crippen LogP contribution is 2.24. The molecular formula is C17H27N. The fourth-order valence-corrected chi connectivity index (χ4v) is 3.20. The van der Waals surface area contributed by atoms with Crippen LogP contribution in [0.15, 0.2) is 12.1 Å². The molecular weight excluding hydrogens is 218 g/mol. The van der Waals surface area contributed by atoms with Gasteiger partial charge in [-0.25, -0.2) is 0 Å². The van der Waals surface area contributed by atoms with Gasteiger partial charge in [0.2, 0.25) is 0 Å². The first-order valence-corrected chi connectivity index (χ1v) is 7.36. The lowest BCUT2D eigenvalue weighted by molar-refractivity contribution is 0.306. The first kappa shape index (κ1) is 13.6. The SMILES string of the molecule is Cc1cc(C)c(CNC2CCC(C)CC2)c(C)c1. The molecule has 1 nitrogen and oxygen atoms in total. The quantitative estimate of drug-likeness (QED) is 0.838. The molecule has 0 spiro atoms. The molecule has 0 radical (unpaired) electrons. The van der Waals surface area contributed by atoms with Crippen molar-refractivity contribution in [3.05, 3.63) is 34.4 Å². The van der Waals surface area contributed by atoms with Crippen molar-refractivity contribution in [3.63, 3.8) is 0 Å². The molecule has 1 fully saturated rings. The Bertz CT molecular complexity index is 377. The van der Waals surface area contributed by atoms with Gasteiger partial charge >= 0.3 is 0 Å². The van der Waals surface area contributed by atoms with Crippen LogP contribution in [0.3, 0.4) is 0 Å². The van der Waals surface area contributed by atoms with E-state index in [-0.39, 0.29) is 0 Å². The van der Waals surface area contributed by atoms with Crippen molar-refractivity contribution in [1.82, 2.24) is 5.32 Å².